The molecule has 3 aliphatic rings. The van der Waals surface area contributed by atoms with Crippen molar-refractivity contribution < 1.29 is 37.4 Å². The first-order valence-electron chi connectivity index (χ1n) is 13.0. The summed E-state index contributed by atoms with van der Waals surface area (Å²) < 4.78 is 39.2. The van der Waals surface area contributed by atoms with Crippen molar-refractivity contribution in [3.05, 3.63) is 65.0 Å². The van der Waals surface area contributed by atoms with Crippen LogP contribution < -0.4 is 10.6 Å². The molecule has 4 N–H and O–H groups in total. The quantitative estimate of drug-likeness (QED) is 0.412. The van der Waals surface area contributed by atoms with Crippen molar-refractivity contribution in [2.75, 3.05) is 30.4 Å². The van der Waals surface area contributed by atoms with Crippen LogP contribution in [0, 0.1) is 5.82 Å². The van der Waals surface area contributed by atoms with Gasteiger partial charge in [-0.05, 0) is 54.7 Å². The summed E-state index contributed by atoms with van der Waals surface area (Å²) in [5.74, 6) is -1.26. The molecule has 2 saturated heterocycles. The maximum absolute atomic E-state index is 13.7. The minimum Gasteiger partial charge on any atom is -0.427 e. The molecule has 1 atom stereocenters. The van der Waals surface area contributed by atoms with Gasteiger partial charge in [0, 0.05) is 48.8 Å². The smallest absolute Gasteiger partial charge is 0.418 e. The van der Waals surface area contributed by atoms with Crippen molar-refractivity contribution in [1.82, 2.24) is 15.1 Å². The molecule has 2 fully saturated rings. The summed E-state index contributed by atoms with van der Waals surface area (Å²) >= 11 is 0. The molecule has 0 saturated carbocycles. The van der Waals surface area contributed by atoms with Crippen molar-refractivity contribution in [3.63, 3.8) is 0 Å². The zero-order chi connectivity index (χ0) is 28.7. The molecule has 40 heavy (non-hydrogen) atoms. The van der Waals surface area contributed by atoms with Gasteiger partial charge in [0.2, 0.25) is 11.5 Å². The standard InChI is InChI=1S/C27H31FN4O7S/c1-29-25(35)30-20-6-7-22-18(14-20)8-11-27(22)24(34)32(26(36)39-27)16-23(33)31(15-17-2-4-19(28)5-3-17)21-9-12-40(37,38)13-10-21/h2-7,14,21,37-38H,8-13,15-16H2,1H3,(H2,29,30,35)/t27-/m1/s1. The van der Waals surface area contributed by atoms with Gasteiger partial charge in [0.05, 0.1) is 0 Å². The largest absolute Gasteiger partial charge is 0.427 e. The monoisotopic (exact) mass is 574 g/mol. The maximum Gasteiger partial charge on any atom is 0.418 e. The fraction of sp³-hybridized carbons (Fsp3) is 0.407. The van der Waals surface area contributed by atoms with Gasteiger partial charge in [0.25, 0.3) is 5.91 Å². The lowest BCUT2D eigenvalue weighted by Gasteiger charge is -2.43. The van der Waals surface area contributed by atoms with Crippen molar-refractivity contribution in [2.45, 2.75) is 43.9 Å². The minimum absolute atomic E-state index is 0.106. The molecule has 2 aliphatic heterocycles. The Hall–Kier alpha value is -3.68. The lowest BCUT2D eigenvalue weighted by atomic mass is 9.94. The predicted octanol–water partition coefficient (Wildman–Crippen LogP) is 3.64. The van der Waals surface area contributed by atoms with Gasteiger partial charge in [0.1, 0.15) is 12.4 Å². The molecule has 2 heterocycles. The molecule has 5 amide bonds. The summed E-state index contributed by atoms with van der Waals surface area (Å²) in [5.41, 5.74) is 0.914. The molecule has 0 bridgehead atoms. The number of nitrogens with zero attached hydrogens (tertiary/aromatic N) is 2. The van der Waals surface area contributed by atoms with Crippen LogP contribution in [0.4, 0.5) is 19.7 Å². The van der Waals surface area contributed by atoms with Gasteiger partial charge < -0.3 is 20.3 Å². The number of anilines is 1. The topological polar surface area (TPSA) is 149 Å². The van der Waals surface area contributed by atoms with Crippen LogP contribution in [0.1, 0.15) is 36.0 Å². The molecule has 214 valence electrons. The second-order valence-electron chi connectivity index (χ2n) is 10.3. The molecule has 2 aromatic rings. The number of fused-ring (bicyclic) bond motifs is 2. The predicted molar refractivity (Wildman–Crippen MR) is 145 cm³/mol. The number of aryl methyl sites for hydroxylation is 1. The maximum atomic E-state index is 13.7. The van der Waals surface area contributed by atoms with Crippen molar-refractivity contribution in [1.29, 1.82) is 0 Å². The zero-order valence-corrected chi connectivity index (χ0v) is 22.7. The van der Waals surface area contributed by atoms with Gasteiger partial charge in [-0.15, -0.1) is 0 Å². The van der Waals surface area contributed by atoms with E-state index in [-0.39, 0.29) is 30.5 Å². The molecule has 0 aromatic heterocycles. The van der Waals surface area contributed by atoms with E-state index in [1.807, 2.05) is 0 Å². The third-order valence-corrected chi connectivity index (χ3v) is 9.50. The van der Waals surface area contributed by atoms with Crippen molar-refractivity contribution in [3.8, 4) is 0 Å². The normalized spacial score (nSPS) is 22.6. The first-order valence-corrected chi connectivity index (χ1v) is 14.8. The number of imide groups is 1. The van der Waals surface area contributed by atoms with Gasteiger partial charge >= 0.3 is 12.1 Å². The minimum atomic E-state index is -2.70. The number of benzene rings is 2. The first kappa shape index (κ1) is 27.9. The Morgan fingerprint density at radius 3 is 2.52 bits per heavy atom. The number of hydrogen-bond donors (Lipinski definition) is 4. The van der Waals surface area contributed by atoms with Gasteiger partial charge in [0.15, 0.2) is 0 Å². The lowest BCUT2D eigenvalue weighted by molar-refractivity contribution is -0.143. The van der Waals surface area contributed by atoms with Gasteiger partial charge in [-0.2, -0.15) is 10.6 Å². The molecule has 5 rings (SSSR count). The highest BCUT2D eigenvalue weighted by atomic mass is 32.3. The van der Waals surface area contributed by atoms with E-state index in [9.17, 15) is 32.7 Å². The van der Waals surface area contributed by atoms with E-state index in [0.717, 1.165) is 10.5 Å². The molecule has 13 heteroatoms. The number of halogens is 1. The van der Waals surface area contributed by atoms with E-state index in [1.54, 1.807) is 30.3 Å². The Morgan fingerprint density at radius 2 is 1.85 bits per heavy atom. The number of ether oxygens (including phenoxy) is 1. The van der Waals surface area contributed by atoms with Gasteiger partial charge in [-0.25, -0.2) is 18.9 Å². The van der Waals surface area contributed by atoms with Crippen LogP contribution in [0.3, 0.4) is 0 Å². The Kier molecular flexibility index (Phi) is 7.46. The summed E-state index contributed by atoms with van der Waals surface area (Å²) in [6, 6.07) is 9.93. The van der Waals surface area contributed by atoms with Crippen LogP contribution in [-0.4, -0.2) is 74.0 Å². The van der Waals surface area contributed by atoms with E-state index >= 15 is 0 Å². The summed E-state index contributed by atoms with van der Waals surface area (Å²) in [7, 11) is -1.21. The van der Waals surface area contributed by atoms with E-state index in [0.29, 0.717) is 36.1 Å². The average molecular weight is 575 g/mol. The Morgan fingerprint density at radius 1 is 1.15 bits per heavy atom. The number of carbonyl (C=O) groups is 4. The Labute approximate surface area is 232 Å². The fourth-order valence-electron chi connectivity index (χ4n) is 5.57. The SMILES string of the molecule is CNC(=O)Nc1ccc2c(c1)CC[C@@]21OC(=O)N(CC(=O)N(Cc2ccc(F)cc2)C2CCS(O)(O)CC2)C1=O. The summed E-state index contributed by atoms with van der Waals surface area (Å²) in [6.07, 6.45) is 0.415. The summed E-state index contributed by atoms with van der Waals surface area (Å²) in [6.45, 7) is -0.436. The molecule has 0 unspecified atom stereocenters. The van der Waals surface area contributed by atoms with Crippen LogP contribution in [0.15, 0.2) is 42.5 Å². The summed E-state index contributed by atoms with van der Waals surface area (Å²) in [5, 5.41) is 5.14. The molecule has 11 nitrogen and oxygen atoms in total. The average Bonchev–Trinajstić information content (AvgIpc) is 3.40. The van der Waals surface area contributed by atoms with Crippen molar-refractivity contribution >= 4 is 40.2 Å². The van der Waals surface area contributed by atoms with Crippen LogP contribution >= 0.6 is 10.6 Å². The summed E-state index contributed by atoms with van der Waals surface area (Å²) in [4.78, 5) is 54.3. The lowest BCUT2D eigenvalue weighted by Crippen LogP contribution is -2.49. The molecule has 1 spiro atoms. The van der Waals surface area contributed by atoms with E-state index in [2.05, 4.69) is 10.6 Å². The second kappa shape index (κ2) is 10.7. The third-order valence-electron chi connectivity index (χ3n) is 7.72. The number of nitrogens with one attached hydrogen (secondary N) is 2. The number of carbonyl (C=O) groups excluding carboxylic acids is 4. The van der Waals surface area contributed by atoms with E-state index < -0.39 is 52.5 Å². The number of rotatable bonds is 6. The van der Waals surface area contributed by atoms with Crippen LogP contribution in [0.5, 0.6) is 0 Å². The van der Waals surface area contributed by atoms with Crippen LogP contribution in [0.2, 0.25) is 0 Å². The highest BCUT2D eigenvalue weighted by Gasteiger charge is 2.58. The third kappa shape index (κ3) is 5.36. The van der Waals surface area contributed by atoms with Gasteiger partial charge in [-0.1, -0.05) is 18.2 Å². The zero-order valence-electron chi connectivity index (χ0n) is 21.9. The highest BCUT2D eigenvalue weighted by Crippen LogP contribution is 2.47. The Bertz CT molecular complexity index is 1340. The van der Waals surface area contributed by atoms with Crippen LogP contribution in [0.25, 0.3) is 0 Å². The van der Waals surface area contributed by atoms with E-state index in [4.69, 9.17) is 4.74 Å². The van der Waals surface area contributed by atoms with Gasteiger partial charge in [-0.3, -0.25) is 18.7 Å². The number of hydrogen-bond acceptors (Lipinski definition) is 7. The number of amides is 5. The molecule has 1 aliphatic carbocycles. The van der Waals surface area contributed by atoms with E-state index in [1.165, 1.54) is 24.1 Å². The van der Waals surface area contributed by atoms with Crippen molar-refractivity contribution in [2.24, 2.45) is 0 Å². The fourth-order valence-corrected chi connectivity index (χ4v) is 7.07. The highest BCUT2D eigenvalue weighted by molar-refractivity contribution is 8.24. The number of urea groups is 1. The molecule has 2 aromatic carbocycles. The molecule has 0 radical (unpaired) electrons. The molecular weight excluding hydrogens is 543 g/mol. The second-order valence-corrected chi connectivity index (χ2v) is 12.7. The first-order chi connectivity index (χ1) is 19.0. The Balaban J connectivity index is 1.35. The molecular formula is C27H31FN4O7S. The van der Waals surface area contributed by atoms with Crippen LogP contribution in [-0.2, 0) is 32.9 Å².